The molecule has 1 fully saturated rings. The van der Waals surface area contributed by atoms with Crippen molar-refractivity contribution in [3.63, 3.8) is 0 Å². The second-order valence-electron chi connectivity index (χ2n) is 12.4. The summed E-state index contributed by atoms with van der Waals surface area (Å²) < 4.78 is 12.1. The van der Waals surface area contributed by atoms with Crippen molar-refractivity contribution < 1.29 is 19.4 Å². The summed E-state index contributed by atoms with van der Waals surface area (Å²) in [6.45, 7) is 11.7. The molecule has 0 saturated heterocycles. The molecule has 1 N–H and O–H groups in total. The zero-order chi connectivity index (χ0) is 29.3. The molecule has 6 nitrogen and oxygen atoms in total. The first kappa shape index (κ1) is 29.1. The average Bonchev–Trinajstić information content (AvgIpc) is 3.80. The van der Waals surface area contributed by atoms with E-state index in [9.17, 15) is 9.90 Å². The predicted octanol–water partition coefficient (Wildman–Crippen LogP) is 7.66. The van der Waals surface area contributed by atoms with Crippen molar-refractivity contribution in [3.8, 4) is 22.8 Å². The van der Waals surface area contributed by atoms with Crippen molar-refractivity contribution in [1.29, 1.82) is 0 Å². The molecule has 1 saturated carbocycles. The molecule has 5 rings (SSSR count). The molecule has 0 bridgehead atoms. The molecular weight excluding hydrogens is 512 g/mol. The molecule has 218 valence electrons. The first-order valence-corrected chi connectivity index (χ1v) is 15.1. The van der Waals surface area contributed by atoms with Crippen LogP contribution in [-0.2, 0) is 17.8 Å². The molecule has 2 aliphatic rings. The summed E-state index contributed by atoms with van der Waals surface area (Å²) in [5.41, 5.74) is 6.98. The van der Waals surface area contributed by atoms with Gasteiger partial charge in [0, 0.05) is 30.9 Å². The molecule has 41 heavy (non-hydrogen) atoms. The molecule has 6 heteroatoms. The zero-order valence-electron chi connectivity index (χ0n) is 25.3. The highest BCUT2D eigenvalue weighted by molar-refractivity contribution is 5.71. The Morgan fingerprint density at radius 1 is 1.02 bits per heavy atom. The number of carbonyl (C=O) groups is 1. The van der Waals surface area contributed by atoms with E-state index in [4.69, 9.17) is 9.47 Å². The predicted molar refractivity (Wildman–Crippen MR) is 162 cm³/mol. The first-order valence-electron chi connectivity index (χ1n) is 15.1. The quantitative estimate of drug-likeness (QED) is 0.261. The lowest BCUT2D eigenvalue weighted by atomic mass is 9.82. The summed E-state index contributed by atoms with van der Waals surface area (Å²) in [6, 6.07) is 18.0. The standard InChI is InChI=1S/C35H44N2O4/c1-21(2)37(22(3)4)20-29-17-27(11-13-30(29)26-15-16-36-33(19-26)40-6)31-14-12-24-7-10-28(18-32(24)41-31)34(25-8-9-25)23(5)35(38)39/h7,10-11,13,15-19,21-23,25,31,34H,8-9,12,14,20H2,1-6H3,(H,38,39)/t23-,31-,34?/m0/s1. The fourth-order valence-electron chi connectivity index (χ4n) is 6.48. The number of fused-ring (bicyclic) bond motifs is 1. The number of aryl methyl sites for hydroxylation is 1. The van der Waals surface area contributed by atoms with Crippen molar-refractivity contribution in [2.45, 2.75) is 91.0 Å². The van der Waals surface area contributed by atoms with Crippen LogP contribution in [0.2, 0.25) is 0 Å². The normalized spacial score (nSPS) is 18.2. The summed E-state index contributed by atoms with van der Waals surface area (Å²) >= 11 is 0. The van der Waals surface area contributed by atoms with Crippen LogP contribution >= 0.6 is 0 Å². The minimum atomic E-state index is -0.727. The highest BCUT2D eigenvalue weighted by Crippen LogP contribution is 2.48. The number of aromatic nitrogens is 1. The minimum absolute atomic E-state index is 0.0306. The summed E-state index contributed by atoms with van der Waals surface area (Å²) in [7, 11) is 1.65. The van der Waals surface area contributed by atoms with Gasteiger partial charge < -0.3 is 14.6 Å². The van der Waals surface area contributed by atoms with E-state index in [0.717, 1.165) is 49.1 Å². The number of nitrogens with zero attached hydrogens (tertiary/aromatic N) is 2. The summed E-state index contributed by atoms with van der Waals surface area (Å²) in [4.78, 5) is 18.7. The van der Waals surface area contributed by atoms with Crippen molar-refractivity contribution in [1.82, 2.24) is 9.88 Å². The number of hydrogen-bond donors (Lipinski definition) is 1. The van der Waals surface area contributed by atoms with E-state index in [1.165, 1.54) is 22.3 Å². The number of carboxylic acids is 1. The fraction of sp³-hybridized carbons (Fsp3) is 0.486. The molecule has 1 aromatic heterocycles. The van der Waals surface area contributed by atoms with Crippen LogP contribution in [-0.4, -0.2) is 40.2 Å². The molecule has 0 radical (unpaired) electrons. The van der Waals surface area contributed by atoms with Crippen molar-refractivity contribution in [2.75, 3.05) is 7.11 Å². The number of pyridine rings is 1. The minimum Gasteiger partial charge on any atom is -0.485 e. The Labute approximate surface area is 244 Å². The Bertz CT molecular complexity index is 1370. The lowest BCUT2D eigenvalue weighted by molar-refractivity contribution is -0.142. The van der Waals surface area contributed by atoms with E-state index < -0.39 is 11.9 Å². The SMILES string of the molecule is COc1cc(-c2ccc([C@@H]3CCc4ccc(C(C5CC5)[C@H](C)C(=O)O)cc4O3)cc2CN(C(C)C)C(C)C)ccn1. The van der Waals surface area contributed by atoms with Crippen LogP contribution in [0, 0.1) is 11.8 Å². The third-order valence-corrected chi connectivity index (χ3v) is 8.91. The van der Waals surface area contributed by atoms with Gasteiger partial charge in [0.1, 0.15) is 11.9 Å². The molecule has 0 amide bonds. The van der Waals surface area contributed by atoms with Crippen LogP contribution < -0.4 is 9.47 Å². The number of carboxylic acid groups (broad SMARTS) is 1. The van der Waals surface area contributed by atoms with Gasteiger partial charge in [-0.15, -0.1) is 0 Å². The number of hydrogen-bond acceptors (Lipinski definition) is 5. The Hall–Kier alpha value is -3.38. The second-order valence-corrected chi connectivity index (χ2v) is 12.4. The molecule has 2 heterocycles. The fourth-order valence-corrected chi connectivity index (χ4v) is 6.48. The maximum absolute atomic E-state index is 11.9. The van der Waals surface area contributed by atoms with Crippen molar-refractivity contribution in [3.05, 3.63) is 77.0 Å². The smallest absolute Gasteiger partial charge is 0.306 e. The lowest BCUT2D eigenvalue weighted by Crippen LogP contribution is -2.36. The Balaban J connectivity index is 1.47. The van der Waals surface area contributed by atoms with E-state index in [2.05, 4.69) is 74.0 Å². The van der Waals surface area contributed by atoms with Gasteiger partial charge in [-0.3, -0.25) is 9.69 Å². The van der Waals surface area contributed by atoms with Gasteiger partial charge in [0.05, 0.1) is 13.0 Å². The zero-order valence-corrected chi connectivity index (χ0v) is 25.3. The summed E-state index contributed by atoms with van der Waals surface area (Å²) in [6.07, 6.45) is 5.79. The first-order chi connectivity index (χ1) is 19.7. The van der Waals surface area contributed by atoms with Crippen LogP contribution in [0.5, 0.6) is 11.6 Å². The molecule has 2 aromatic carbocycles. The van der Waals surface area contributed by atoms with E-state index in [1.807, 2.05) is 19.1 Å². The number of methoxy groups -OCH3 is 1. The molecule has 1 unspecified atom stereocenters. The Kier molecular flexibility index (Phi) is 8.69. The summed E-state index contributed by atoms with van der Waals surface area (Å²) in [5, 5.41) is 9.77. The molecule has 1 aliphatic heterocycles. The summed E-state index contributed by atoms with van der Waals surface area (Å²) in [5.74, 6) is 0.846. The number of rotatable bonds is 11. The average molecular weight is 557 g/mol. The van der Waals surface area contributed by atoms with Crippen LogP contribution in [0.4, 0.5) is 0 Å². The van der Waals surface area contributed by atoms with Gasteiger partial charge in [-0.25, -0.2) is 4.98 Å². The highest BCUT2D eigenvalue weighted by Gasteiger charge is 2.39. The van der Waals surface area contributed by atoms with Gasteiger partial charge in [-0.1, -0.05) is 37.3 Å². The largest absolute Gasteiger partial charge is 0.485 e. The molecule has 3 atom stereocenters. The molecule has 0 spiro atoms. The molecule has 1 aliphatic carbocycles. The van der Waals surface area contributed by atoms with Gasteiger partial charge >= 0.3 is 5.97 Å². The van der Waals surface area contributed by atoms with E-state index >= 15 is 0 Å². The molecular formula is C35H44N2O4. The van der Waals surface area contributed by atoms with Gasteiger partial charge in [-0.2, -0.15) is 0 Å². The van der Waals surface area contributed by atoms with Gasteiger partial charge in [0.15, 0.2) is 0 Å². The van der Waals surface area contributed by atoms with Crippen LogP contribution in [0.3, 0.4) is 0 Å². The van der Waals surface area contributed by atoms with Crippen molar-refractivity contribution >= 4 is 5.97 Å². The maximum Gasteiger partial charge on any atom is 0.306 e. The van der Waals surface area contributed by atoms with Gasteiger partial charge in [-0.05, 0) is 111 Å². The van der Waals surface area contributed by atoms with Crippen molar-refractivity contribution in [2.24, 2.45) is 11.8 Å². The van der Waals surface area contributed by atoms with Crippen LogP contribution in [0.25, 0.3) is 11.1 Å². The highest BCUT2D eigenvalue weighted by atomic mass is 16.5. The van der Waals surface area contributed by atoms with Crippen LogP contribution in [0.1, 0.15) is 88.2 Å². The monoisotopic (exact) mass is 556 g/mol. The van der Waals surface area contributed by atoms with Crippen LogP contribution in [0.15, 0.2) is 54.7 Å². The number of ether oxygens (including phenoxy) is 2. The number of aliphatic carboxylic acids is 1. The van der Waals surface area contributed by atoms with E-state index in [-0.39, 0.29) is 12.0 Å². The number of benzene rings is 2. The molecule has 3 aromatic rings. The maximum atomic E-state index is 11.9. The Morgan fingerprint density at radius 2 is 1.78 bits per heavy atom. The third-order valence-electron chi connectivity index (χ3n) is 8.91. The van der Waals surface area contributed by atoms with E-state index in [0.29, 0.717) is 23.9 Å². The third kappa shape index (κ3) is 6.43. The topological polar surface area (TPSA) is 71.9 Å². The second kappa shape index (κ2) is 12.2. The lowest BCUT2D eigenvalue weighted by Gasteiger charge is -2.32. The van der Waals surface area contributed by atoms with Gasteiger partial charge in [0.25, 0.3) is 0 Å². The Morgan fingerprint density at radius 3 is 2.44 bits per heavy atom. The van der Waals surface area contributed by atoms with E-state index in [1.54, 1.807) is 13.3 Å². The van der Waals surface area contributed by atoms with Gasteiger partial charge in [0.2, 0.25) is 5.88 Å².